The number of ketones is 1. The van der Waals surface area contributed by atoms with Crippen LogP contribution in [0.3, 0.4) is 0 Å². The van der Waals surface area contributed by atoms with E-state index in [1.54, 1.807) is 18.4 Å². The molecule has 15 atom stereocenters. The predicted molar refractivity (Wildman–Crippen MR) is 209 cm³/mol. The molecular formula is C44H57BNaO15. The minimum atomic E-state index is -1.04. The van der Waals surface area contributed by atoms with Gasteiger partial charge in [0, 0.05) is 38.8 Å². The number of Topliss-reactive ketones (excluding diaryl/α,β-unsaturated/α-hetero) is 1. The van der Waals surface area contributed by atoms with Crippen LogP contribution >= 0.6 is 0 Å². The Kier molecular flexibility index (Phi) is 14.3. The van der Waals surface area contributed by atoms with E-state index in [-0.39, 0.29) is 81.8 Å². The molecule has 0 amide bonds. The van der Waals surface area contributed by atoms with Crippen molar-refractivity contribution in [3.8, 4) is 0 Å². The Bertz CT molecular complexity index is 1960. The molecule has 3 radical (unpaired) electrons. The number of hydrogen-bond donors (Lipinski definition) is 2. The van der Waals surface area contributed by atoms with E-state index in [4.69, 9.17) is 32.5 Å². The molecule has 6 unspecified atom stereocenters. The maximum Gasteiger partial charge on any atom is 1.00 e. The van der Waals surface area contributed by atoms with Gasteiger partial charge in [0.1, 0.15) is 12.2 Å². The summed E-state index contributed by atoms with van der Waals surface area (Å²) in [7, 11) is 2.66. The van der Waals surface area contributed by atoms with Crippen molar-refractivity contribution in [1.82, 2.24) is 0 Å². The molecule has 0 spiro atoms. The van der Waals surface area contributed by atoms with Crippen LogP contribution in [0.5, 0.6) is 0 Å². The molecule has 327 valence electrons. The van der Waals surface area contributed by atoms with Gasteiger partial charge in [0.25, 0.3) is 0 Å². The molecule has 8 rings (SSSR count). The number of aliphatic hydroxyl groups is 2. The van der Waals surface area contributed by atoms with Gasteiger partial charge in [0.2, 0.25) is 0 Å². The van der Waals surface area contributed by atoms with E-state index in [0.29, 0.717) is 38.5 Å². The van der Waals surface area contributed by atoms with Crippen LogP contribution in [0.2, 0.25) is 0 Å². The van der Waals surface area contributed by atoms with Gasteiger partial charge >= 0.3 is 59.4 Å². The zero-order valence-corrected chi connectivity index (χ0v) is 38.3. The summed E-state index contributed by atoms with van der Waals surface area (Å²) in [6.45, 7) is 9.07. The molecule has 0 bridgehead atoms. The third kappa shape index (κ3) is 8.06. The monoisotopic (exact) mass is 859 g/mol. The third-order valence-electron chi connectivity index (χ3n) is 15.6. The standard InChI is InChI=1S/C23H28O8.C21H28O7.B.Na.H/c1-12(24)30-16-9-15(20(26)28-4)22(2)7-5-14-21(27)31-17(13-6-8-29-11-13)10-23(14,3)19(22)18(16)25;1-20-6-4-12-19(25)28-15(11-5-7-27-10-11)9-21(12,2)17(20)16(23)14(22)8-13(20)18(24)26-3;;;/h6,8,11,14-17,19H,5,7,9-10H2,1-4H3;5,7,10,12-17,22-23H,4,6,8-9H2,1-3H3;;;/q;;;+1;-1/t14?,15?,16-,17-,19?,22-,23-;12?,13?,14-,15-,16-,17?,20-,21-;;;/m00.../s1. The van der Waals surface area contributed by atoms with Gasteiger partial charge in [-0.05, 0) is 84.7 Å². The smallest absolute Gasteiger partial charge is 1.00 e. The number of fused-ring (bicyclic) bond motifs is 6. The topological polar surface area (TPSA) is 215 Å². The molecule has 15 nitrogen and oxygen atoms in total. The van der Waals surface area contributed by atoms with Crippen LogP contribution in [0.1, 0.15) is 111 Å². The summed E-state index contributed by atoms with van der Waals surface area (Å²) < 4.78 is 37.2. The average molecular weight is 860 g/mol. The number of aliphatic hydroxyl groups excluding tert-OH is 2. The van der Waals surface area contributed by atoms with E-state index in [1.807, 2.05) is 27.7 Å². The number of ether oxygens (including phenoxy) is 5. The van der Waals surface area contributed by atoms with Crippen molar-refractivity contribution in [3.05, 3.63) is 48.3 Å². The molecule has 2 aromatic rings. The van der Waals surface area contributed by atoms with Gasteiger partial charge in [-0.2, -0.15) is 0 Å². The largest absolute Gasteiger partial charge is 1.00 e. The summed E-state index contributed by atoms with van der Waals surface area (Å²) in [5.74, 6) is -5.35. The van der Waals surface area contributed by atoms with Gasteiger partial charge in [-0.15, -0.1) is 0 Å². The second kappa shape index (κ2) is 18.0. The molecule has 4 aliphatic carbocycles. The number of carbonyl (C=O) groups is 6. The number of esters is 5. The molecule has 6 aliphatic rings. The number of hydrogen-bond acceptors (Lipinski definition) is 15. The van der Waals surface area contributed by atoms with Crippen LogP contribution in [-0.4, -0.2) is 86.8 Å². The molecule has 4 heterocycles. The first kappa shape index (κ1) is 48.6. The van der Waals surface area contributed by atoms with Crippen molar-refractivity contribution in [2.45, 2.75) is 117 Å². The molecule has 2 aliphatic heterocycles. The summed E-state index contributed by atoms with van der Waals surface area (Å²) in [6, 6.07) is 3.51. The Morgan fingerprint density at radius 3 is 1.69 bits per heavy atom. The van der Waals surface area contributed by atoms with Crippen molar-refractivity contribution >= 4 is 44.0 Å². The zero-order chi connectivity index (χ0) is 42.8. The minimum Gasteiger partial charge on any atom is -1.00 e. The maximum absolute atomic E-state index is 13.7. The van der Waals surface area contributed by atoms with Crippen molar-refractivity contribution in [3.63, 3.8) is 0 Å². The molecule has 17 heteroatoms. The van der Waals surface area contributed by atoms with Crippen LogP contribution in [-0.2, 0) is 52.5 Å². The predicted octanol–water partition coefficient (Wildman–Crippen LogP) is 1.96. The SMILES string of the molecule is COC(=O)C1C[C@H](O)[C@H](O)C2[C@@]1(C)CCC1C(=O)O[C@H](c3ccoc3)C[C@@]12C.COC(=O)C1C[C@H](OC(C)=O)C(=O)C2[C@@]1(C)CCC1C(=O)O[C@H](c3ccoc3)C[C@@]12C.[B].[H-].[Na+]. The second-order valence-electron chi connectivity index (χ2n) is 18.7. The van der Waals surface area contributed by atoms with Crippen LogP contribution in [0.15, 0.2) is 46.0 Å². The molecular weight excluding hydrogens is 802 g/mol. The Morgan fingerprint density at radius 2 is 1.21 bits per heavy atom. The summed E-state index contributed by atoms with van der Waals surface area (Å²) in [6.07, 6.45) is 5.38. The number of furan rings is 2. The second-order valence-corrected chi connectivity index (χ2v) is 18.7. The van der Waals surface area contributed by atoms with Gasteiger partial charge in [-0.25, -0.2) is 0 Å². The van der Waals surface area contributed by atoms with E-state index in [0.717, 1.165) is 11.1 Å². The molecule has 6 fully saturated rings. The average Bonchev–Trinajstić information content (AvgIpc) is 3.92. The van der Waals surface area contributed by atoms with E-state index in [1.165, 1.54) is 39.9 Å². The summed E-state index contributed by atoms with van der Waals surface area (Å²) in [5, 5.41) is 21.6. The summed E-state index contributed by atoms with van der Waals surface area (Å²) in [4.78, 5) is 76.6. The van der Waals surface area contributed by atoms with Crippen molar-refractivity contribution in [2.75, 3.05) is 14.2 Å². The van der Waals surface area contributed by atoms with Gasteiger partial charge in [-0.1, -0.05) is 27.7 Å². The Balaban J connectivity index is 0.000000261. The zero-order valence-electron chi connectivity index (χ0n) is 37.3. The molecule has 4 saturated carbocycles. The normalized spacial score (nSPS) is 41.1. The number of cyclic esters (lactones) is 2. The first-order valence-electron chi connectivity index (χ1n) is 20.5. The van der Waals surface area contributed by atoms with Crippen molar-refractivity contribution in [2.24, 2.45) is 57.2 Å². The minimum absolute atomic E-state index is 0. The molecule has 2 saturated heterocycles. The van der Waals surface area contributed by atoms with Crippen molar-refractivity contribution < 1.29 is 102 Å². The molecule has 2 aromatic heterocycles. The number of rotatable bonds is 5. The van der Waals surface area contributed by atoms with Gasteiger partial charge in [0.15, 0.2) is 11.9 Å². The maximum atomic E-state index is 13.7. The van der Waals surface area contributed by atoms with Gasteiger partial charge in [0.05, 0.1) is 75.2 Å². The van der Waals surface area contributed by atoms with Crippen LogP contribution in [0.4, 0.5) is 0 Å². The van der Waals surface area contributed by atoms with E-state index in [9.17, 15) is 39.0 Å². The summed E-state index contributed by atoms with van der Waals surface area (Å²) >= 11 is 0. The van der Waals surface area contributed by atoms with Crippen LogP contribution in [0, 0.1) is 57.2 Å². The fraction of sp³-hybridized carbons (Fsp3) is 0.682. The number of carbonyl (C=O) groups excluding carboxylic acids is 6. The van der Waals surface area contributed by atoms with Crippen LogP contribution in [0.25, 0.3) is 0 Å². The fourth-order valence-electron chi connectivity index (χ4n) is 12.9. The first-order valence-corrected chi connectivity index (χ1v) is 20.5. The van der Waals surface area contributed by atoms with E-state index in [2.05, 4.69) is 0 Å². The molecule has 61 heavy (non-hydrogen) atoms. The van der Waals surface area contributed by atoms with Gasteiger partial charge < -0.3 is 44.2 Å². The van der Waals surface area contributed by atoms with Crippen LogP contribution < -0.4 is 29.6 Å². The molecule has 2 N–H and O–H groups in total. The fourth-order valence-corrected chi connectivity index (χ4v) is 12.9. The quantitative estimate of drug-likeness (QED) is 0.250. The number of methoxy groups -OCH3 is 2. The third-order valence-corrected chi connectivity index (χ3v) is 15.6. The van der Waals surface area contributed by atoms with Gasteiger partial charge in [-0.3, -0.25) is 28.8 Å². The Morgan fingerprint density at radius 1 is 0.738 bits per heavy atom. The Labute approximate surface area is 381 Å². The van der Waals surface area contributed by atoms with E-state index < -0.39 is 93.7 Å². The van der Waals surface area contributed by atoms with E-state index >= 15 is 0 Å². The molecule has 0 aromatic carbocycles. The first-order chi connectivity index (χ1) is 27.8. The van der Waals surface area contributed by atoms with Crippen molar-refractivity contribution in [1.29, 1.82) is 0 Å². The Hall–Kier alpha value is -3.44. The summed E-state index contributed by atoms with van der Waals surface area (Å²) in [5.41, 5.74) is -1.19.